The molecule has 3 heteroatoms. The van der Waals surface area contributed by atoms with Gasteiger partial charge < -0.3 is 0 Å². The molecular weight excluding hydrogens is 228 g/mol. The van der Waals surface area contributed by atoms with Gasteiger partial charge in [-0.3, -0.25) is 0 Å². The molecule has 0 radical (unpaired) electrons. The van der Waals surface area contributed by atoms with Crippen LogP contribution in [0.4, 0.5) is 0 Å². The summed E-state index contributed by atoms with van der Waals surface area (Å²) in [5, 5.41) is 5.74. The number of hydrogen-bond donors (Lipinski definition) is 0. The Bertz CT molecular complexity index is 156. The van der Waals surface area contributed by atoms with E-state index < -0.39 is 0 Å². The maximum atomic E-state index is 3.73. The highest BCUT2D eigenvalue weighted by molar-refractivity contribution is 8.03. The summed E-state index contributed by atoms with van der Waals surface area (Å²) in [5.41, 5.74) is 0.330. The maximum Gasteiger partial charge on any atom is 0.00439 e. The Morgan fingerprint density at radius 1 is 0.857 bits per heavy atom. The Kier molecular flexibility index (Phi) is 8.73. The van der Waals surface area contributed by atoms with E-state index in [4.69, 9.17) is 0 Å². The van der Waals surface area contributed by atoms with Gasteiger partial charge in [0.25, 0.3) is 0 Å². The standard InChI is InChI=1S/C11H18S3/c1-5-12-8-11(4,9-13-6-2)10-14-7-3/h5-7H,1-3,8-10H2,4H3. The molecule has 0 atom stereocenters. The fourth-order valence-electron chi connectivity index (χ4n) is 0.905. The Morgan fingerprint density at radius 3 is 1.36 bits per heavy atom. The van der Waals surface area contributed by atoms with Crippen LogP contribution in [0, 0.1) is 5.41 Å². The number of thioether (sulfide) groups is 3. The lowest BCUT2D eigenvalue weighted by atomic mass is 9.99. The van der Waals surface area contributed by atoms with Gasteiger partial charge in [0.05, 0.1) is 0 Å². The van der Waals surface area contributed by atoms with Crippen molar-refractivity contribution in [1.29, 1.82) is 0 Å². The summed E-state index contributed by atoms with van der Waals surface area (Å²) >= 11 is 5.35. The first kappa shape index (κ1) is 14.3. The lowest BCUT2D eigenvalue weighted by Crippen LogP contribution is -2.25. The van der Waals surface area contributed by atoms with Crippen LogP contribution in [0.3, 0.4) is 0 Å². The SMILES string of the molecule is C=CSCC(C)(CSC=C)CSC=C. The van der Waals surface area contributed by atoms with Crippen LogP contribution in [-0.2, 0) is 0 Å². The number of hydrogen-bond acceptors (Lipinski definition) is 3. The molecule has 0 unspecified atom stereocenters. The van der Waals surface area contributed by atoms with E-state index in [1.165, 1.54) is 0 Å². The van der Waals surface area contributed by atoms with Gasteiger partial charge in [-0.25, -0.2) is 0 Å². The summed E-state index contributed by atoms with van der Waals surface area (Å²) in [5.74, 6) is 3.33. The average Bonchev–Trinajstić information content (AvgIpc) is 2.21. The summed E-state index contributed by atoms with van der Waals surface area (Å²) in [6, 6.07) is 0. The van der Waals surface area contributed by atoms with Gasteiger partial charge in [0, 0.05) is 17.3 Å². The van der Waals surface area contributed by atoms with Crippen LogP contribution in [-0.4, -0.2) is 17.3 Å². The second kappa shape index (κ2) is 8.57. The molecule has 0 N–H and O–H groups in total. The predicted octanol–water partition coefficient (Wildman–Crippen LogP) is 4.62. The monoisotopic (exact) mass is 246 g/mol. The van der Waals surface area contributed by atoms with Gasteiger partial charge in [0.1, 0.15) is 0 Å². The smallest absolute Gasteiger partial charge is 0.00439 e. The van der Waals surface area contributed by atoms with E-state index in [0.717, 1.165) is 17.3 Å². The minimum absolute atomic E-state index is 0.330. The molecule has 14 heavy (non-hydrogen) atoms. The molecule has 0 nitrogen and oxygen atoms in total. The van der Waals surface area contributed by atoms with Gasteiger partial charge in [0.15, 0.2) is 0 Å². The van der Waals surface area contributed by atoms with E-state index in [-0.39, 0.29) is 0 Å². The largest absolute Gasteiger partial charge is 0.134 e. The zero-order valence-electron chi connectivity index (χ0n) is 8.70. The summed E-state index contributed by atoms with van der Waals surface area (Å²) < 4.78 is 0. The predicted molar refractivity (Wildman–Crippen MR) is 76.1 cm³/mol. The van der Waals surface area contributed by atoms with Crippen LogP contribution in [0.5, 0.6) is 0 Å². The van der Waals surface area contributed by atoms with Crippen LogP contribution in [0.25, 0.3) is 0 Å². The molecule has 0 rings (SSSR count). The summed E-state index contributed by atoms with van der Waals surface area (Å²) in [6.45, 7) is 13.5. The summed E-state index contributed by atoms with van der Waals surface area (Å²) in [6.07, 6.45) is 0. The molecule has 0 spiro atoms. The topological polar surface area (TPSA) is 0 Å². The Hall–Kier alpha value is 0.270. The van der Waals surface area contributed by atoms with Crippen molar-refractivity contribution in [1.82, 2.24) is 0 Å². The fourth-order valence-corrected chi connectivity index (χ4v) is 3.47. The molecule has 0 fully saturated rings. The van der Waals surface area contributed by atoms with Crippen molar-refractivity contribution < 1.29 is 0 Å². The molecule has 80 valence electrons. The van der Waals surface area contributed by atoms with Crippen molar-refractivity contribution in [2.24, 2.45) is 5.41 Å². The summed E-state index contributed by atoms with van der Waals surface area (Å²) in [7, 11) is 0. The maximum absolute atomic E-state index is 3.73. The first-order valence-electron chi connectivity index (χ1n) is 4.36. The van der Waals surface area contributed by atoms with Crippen LogP contribution in [0.2, 0.25) is 0 Å². The molecule has 0 amide bonds. The molecule has 0 aromatic rings. The fraction of sp³-hybridized carbons (Fsp3) is 0.455. The Morgan fingerprint density at radius 2 is 1.14 bits per heavy atom. The van der Waals surface area contributed by atoms with Crippen molar-refractivity contribution in [3.63, 3.8) is 0 Å². The van der Waals surface area contributed by atoms with E-state index in [9.17, 15) is 0 Å². The Balaban J connectivity index is 4.07. The van der Waals surface area contributed by atoms with E-state index in [0.29, 0.717) is 5.41 Å². The van der Waals surface area contributed by atoms with Crippen LogP contribution in [0.15, 0.2) is 36.0 Å². The quantitative estimate of drug-likeness (QED) is 0.582. The van der Waals surface area contributed by atoms with E-state index in [2.05, 4.69) is 26.7 Å². The molecule has 0 aliphatic heterocycles. The minimum atomic E-state index is 0.330. The highest BCUT2D eigenvalue weighted by Crippen LogP contribution is 2.31. The molecule has 0 bridgehead atoms. The molecule has 0 aliphatic rings. The molecule has 0 aliphatic carbocycles. The normalized spacial score (nSPS) is 10.9. The molecule has 0 saturated carbocycles. The molecular formula is C11H18S3. The van der Waals surface area contributed by atoms with Crippen molar-refractivity contribution in [2.45, 2.75) is 6.92 Å². The van der Waals surface area contributed by atoms with Gasteiger partial charge in [-0.1, -0.05) is 26.7 Å². The minimum Gasteiger partial charge on any atom is -0.134 e. The number of rotatable bonds is 9. The lowest BCUT2D eigenvalue weighted by Gasteiger charge is -2.27. The average molecular weight is 246 g/mol. The molecule has 0 aromatic carbocycles. The van der Waals surface area contributed by atoms with Crippen molar-refractivity contribution in [2.75, 3.05) is 17.3 Å². The first-order chi connectivity index (χ1) is 6.68. The van der Waals surface area contributed by atoms with E-state index in [1.807, 2.05) is 16.2 Å². The first-order valence-corrected chi connectivity index (χ1v) is 7.50. The van der Waals surface area contributed by atoms with E-state index >= 15 is 0 Å². The van der Waals surface area contributed by atoms with Crippen molar-refractivity contribution >= 4 is 35.3 Å². The molecule has 0 aromatic heterocycles. The van der Waals surface area contributed by atoms with Gasteiger partial charge in [-0.2, -0.15) is 0 Å². The van der Waals surface area contributed by atoms with E-state index in [1.54, 1.807) is 35.3 Å². The highest BCUT2D eigenvalue weighted by atomic mass is 32.2. The lowest BCUT2D eigenvalue weighted by molar-refractivity contribution is 0.506. The van der Waals surface area contributed by atoms with Crippen LogP contribution < -0.4 is 0 Å². The third-order valence-corrected chi connectivity index (χ3v) is 4.95. The second-order valence-corrected chi connectivity index (χ2v) is 6.11. The Labute approximate surface area is 101 Å². The van der Waals surface area contributed by atoms with Gasteiger partial charge in [-0.15, -0.1) is 35.3 Å². The van der Waals surface area contributed by atoms with Crippen LogP contribution >= 0.6 is 35.3 Å². The zero-order valence-corrected chi connectivity index (χ0v) is 11.1. The van der Waals surface area contributed by atoms with Crippen molar-refractivity contribution in [3.8, 4) is 0 Å². The summed E-state index contributed by atoms with van der Waals surface area (Å²) in [4.78, 5) is 0. The second-order valence-electron chi connectivity index (χ2n) is 3.24. The third kappa shape index (κ3) is 6.68. The highest BCUT2D eigenvalue weighted by Gasteiger charge is 2.23. The third-order valence-electron chi connectivity index (χ3n) is 1.65. The van der Waals surface area contributed by atoms with Gasteiger partial charge >= 0.3 is 0 Å². The van der Waals surface area contributed by atoms with Gasteiger partial charge in [-0.05, 0) is 21.6 Å². The zero-order chi connectivity index (χ0) is 10.9. The van der Waals surface area contributed by atoms with Gasteiger partial charge in [0.2, 0.25) is 0 Å². The van der Waals surface area contributed by atoms with Crippen LogP contribution in [0.1, 0.15) is 6.92 Å². The molecule has 0 heterocycles. The molecule has 0 saturated heterocycles. The van der Waals surface area contributed by atoms with Crippen molar-refractivity contribution in [3.05, 3.63) is 36.0 Å².